The second-order valence-electron chi connectivity index (χ2n) is 4.63. The van der Waals surface area contributed by atoms with Crippen LogP contribution in [0.3, 0.4) is 0 Å². The summed E-state index contributed by atoms with van der Waals surface area (Å²) >= 11 is 0. The summed E-state index contributed by atoms with van der Waals surface area (Å²) < 4.78 is 9.96. The molecule has 0 bridgehead atoms. The number of hydrogen-bond donors (Lipinski definition) is 2. The van der Waals surface area contributed by atoms with Crippen molar-refractivity contribution in [2.24, 2.45) is 5.92 Å². The van der Waals surface area contributed by atoms with Crippen LogP contribution in [0.15, 0.2) is 0 Å². The number of methoxy groups -OCH3 is 2. The number of ether oxygens (including phenoxy) is 2. The Labute approximate surface area is 112 Å². The highest BCUT2D eigenvalue weighted by molar-refractivity contribution is 5.27. The first kappa shape index (κ1) is 13.8. The van der Waals surface area contributed by atoms with Gasteiger partial charge in [-0.05, 0) is 12.8 Å². The molecule has 19 heavy (non-hydrogen) atoms. The zero-order valence-corrected chi connectivity index (χ0v) is 11.3. The zero-order chi connectivity index (χ0) is 13.7. The van der Waals surface area contributed by atoms with Crippen molar-refractivity contribution in [1.29, 1.82) is 0 Å². The number of aliphatic hydroxyl groups is 1. The van der Waals surface area contributed by atoms with Gasteiger partial charge in [-0.15, -0.1) is 4.98 Å². The summed E-state index contributed by atoms with van der Waals surface area (Å²) in [5, 5.41) is 13.0. The Morgan fingerprint density at radius 2 is 1.74 bits per heavy atom. The first-order valence-electron chi connectivity index (χ1n) is 6.49. The lowest BCUT2D eigenvalue weighted by Gasteiger charge is -2.27. The van der Waals surface area contributed by atoms with Crippen LogP contribution in [0.2, 0.25) is 0 Å². The molecular formula is C12H20N4O3. The molecule has 1 fully saturated rings. The van der Waals surface area contributed by atoms with Gasteiger partial charge >= 0.3 is 12.0 Å². The quantitative estimate of drug-likeness (QED) is 0.818. The van der Waals surface area contributed by atoms with Crippen LogP contribution in [0.25, 0.3) is 0 Å². The molecule has 0 aliphatic heterocycles. The summed E-state index contributed by atoms with van der Waals surface area (Å²) in [4.78, 5) is 12.1. The molecule has 2 atom stereocenters. The topological polar surface area (TPSA) is 89.4 Å². The Balaban J connectivity index is 1.98. The van der Waals surface area contributed by atoms with E-state index in [1.165, 1.54) is 14.2 Å². The Morgan fingerprint density at radius 1 is 1.11 bits per heavy atom. The van der Waals surface area contributed by atoms with E-state index in [-0.39, 0.29) is 24.0 Å². The van der Waals surface area contributed by atoms with Crippen molar-refractivity contribution in [1.82, 2.24) is 15.0 Å². The third kappa shape index (κ3) is 3.66. The summed E-state index contributed by atoms with van der Waals surface area (Å²) in [5.41, 5.74) is 0. The largest absolute Gasteiger partial charge is 0.467 e. The van der Waals surface area contributed by atoms with Gasteiger partial charge in [0.05, 0.1) is 20.3 Å². The molecule has 0 amide bonds. The number of aromatic nitrogens is 3. The molecule has 1 aromatic heterocycles. The molecule has 7 nitrogen and oxygen atoms in total. The van der Waals surface area contributed by atoms with E-state index in [0.717, 1.165) is 25.7 Å². The maximum Gasteiger partial charge on any atom is 0.324 e. The molecular weight excluding hydrogens is 248 g/mol. The third-order valence-electron chi connectivity index (χ3n) is 3.35. The number of nitrogens with one attached hydrogen (secondary N) is 1. The normalized spacial score (nSPS) is 22.9. The van der Waals surface area contributed by atoms with Crippen molar-refractivity contribution in [3.63, 3.8) is 0 Å². The second-order valence-corrected chi connectivity index (χ2v) is 4.63. The molecule has 0 spiro atoms. The molecule has 7 heteroatoms. The lowest BCUT2D eigenvalue weighted by molar-refractivity contribution is 0.0762. The lowest BCUT2D eigenvalue weighted by atomic mass is 9.86. The summed E-state index contributed by atoms with van der Waals surface area (Å²) in [5.74, 6) is 0.643. The molecule has 2 unspecified atom stereocenters. The van der Waals surface area contributed by atoms with Gasteiger partial charge in [0, 0.05) is 12.5 Å². The minimum Gasteiger partial charge on any atom is -0.467 e. The summed E-state index contributed by atoms with van der Waals surface area (Å²) in [7, 11) is 2.98. The summed E-state index contributed by atoms with van der Waals surface area (Å²) in [6.45, 7) is 0.636. The average Bonchev–Trinajstić information content (AvgIpc) is 2.46. The van der Waals surface area contributed by atoms with Crippen LogP contribution in [0.1, 0.15) is 25.7 Å². The third-order valence-corrected chi connectivity index (χ3v) is 3.35. The fourth-order valence-corrected chi connectivity index (χ4v) is 2.25. The molecule has 2 N–H and O–H groups in total. The van der Waals surface area contributed by atoms with Gasteiger partial charge in [-0.3, -0.25) is 0 Å². The number of nitrogens with zero attached hydrogens (tertiary/aromatic N) is 3. The molecule has 1 heterocycles. The second kappa shape index (κ2) is 6.51. The molecule has 1 aliphatic rings. The van der Waals surface area contributed by atoms with E-state index in [0.29, 0.717) is 12.5 Å². The van der Waals surface area contributed by atoms with Crippen molar-refractivity contribution >= 4 is 5.95 Å². The first-order chi connectivity index (χ1) is 9.22. The molecule has 0 aromatic carbocycles. The van der Waals surface area contributed by atoms with E-state index in [1.54, 1.807) is 0 Å². The highest BCUT2D eigenvalue weighted by Gasteiger charge is 2.23. The molecule has 106 valence electrons. The van der Waals surface area contributed by atoms with Crippen LogP contribution >= 0.6 is 0 Å². The van der Waals surface area contributed by atoms with Crippen LogP contribution in [0, 0.1) is 5.92 Å². The fraction of sp³-hybridized carbons (Fsp3) is 0.750. The smallest absolute Gasteiger partial charge is 0.324 e. The van der Waals surface area contributed by atoms with Gasteiger partial charge in [0.1, 0.15) is 0 Å². The number of hydrogen-bond acceptors (Lipinski definition) is 7. The number of rotatable bonds is 5. The van der Waals surface area contributed by atoms with Crippen LogP contribution in [0.4, 0.5) is 5.95 Å². The van der Waals surface area contributed by atoms with Gasteiger partial charge in [0.15, 0.2) is 0 Å². The molecule has 2 rings (SSSR count). The van der Waals surface area contributed by atoms with Crippen molar-refractivity contribution < 1.29 is 14.6 Å². The van der Waals surface area contributed by atoms with Crippen molar-refractivity contribution in [2.45, 2.75) is 31.8 Å². The van der Waals surface area contributed by atoms with Crippen molar-refractivity contribution in [3.8, 4) is 12.0 Å². The van der Waals surface area contributed by atoms with E-state index in [9.17, 15) is 5.11 Å². The minimum atomic E-state index is -0.244. The van der Waals surface area contributed by atoms with E-state index in [1.807, 2.05) is 0 Å². The predicted octanol–water partition coefficient (Wildman–Crippen LogP) is 0.852. The number of anilines is 1. The standard InChI is InChI=1S/C12H20N4O3/c1-18-11-14-10(15-12(16-11)19-2)13-7-8-5-3-4-6-9(8)17/h8-9,17H,3-7H2,1-2H3,(H,13,14,15,16). The fourth-order valence-electron chi connectivity index (χ4n) is 2.25. The van der Waals surface area contributed by atoms with E-state index >= 15 is 0 Å². The van der Waals surface area contributed by atoms with Crippen LogP contribution in [-0.4, -0.2) is 46.9 Å². The van der Waals surface area contributed by atoms with E-state index in [4.69, 9.17) is 9.47 Å². The number of aliphatic hydroxyl groups excluding tert-OH is 1. The average molecular weight is 268 g/mol. The summed E-state index contributed by atoms with van der Waals surface area (Å²) in [6, 6.07) is 0.414. The zero-order valence-electron chi connectivity index (χ0n) is 11.3. The van der Waals surface area contributed by atoms with Gasteiger partial charge in [-0.25, -0.2) is 0 Å². The lowest BCUT2D eigenvalue weighted by Crippen LogP contribution is -2.30. The Hall–Kier alpha value is -1.63. The van der Waals surface area contributed by atoms with Gasteiger partial charge in [0.25, 0.3) is 0 Å². The molecule has 0 radical (unpaired) electrons. The highest BCUT2D eigenvalue weighted by atomic mass is 16.5. The Morgan fingerprint density at radius 3 is 2.32 bits per heavy atom. The van der Waals surface area contributed by atoms with Crippen molar-refractivity contribution in [2.75, 3.05) is 26.1 Å². The van der Waals surface area contributed by atoms with Gasteiger partial charge in [0.2, 0.25) is 5.95 Å². The monoisotopic (exact) mass is 268 g/mol. The van der Waals surface area contributed by atoms with Crippen LogP contribution in [-0.2, 0) is 0 Å². The Bertz CT molecular complexity index is 394. The van der Waals surface area contributed by atoms with Crippen molar-refractivity contribution in [3.05, 3.63) is 0 Å². The minimum absolute atomic E-state index is 0.207. The maximum absolute atomic E-state index is 9.91. The Kier molecular flexibility index (Phi) is 4.73. The van der Waals surface area contributed by atoms with Gasteiger partial charge in [-0.2, -0.15) is 9.97 Å². The first-order valence-corrected chi connectivity index (χ1v) is 6.49. The summed E-state index contributed by atoms with van der Waals surface area (Å²) in [6.07, 6.45) is 3.91. The van der Waals surface area contributed by atoms with Crippen LogP contribution in [0.5, 0.6) is 12.0 Å². The highest BCUT2D eigenvalue weighted by Crippen LogP contribution is 2.24. The molecule has 1 aliphatic carbocycles. The van der Waals surface area contributed by atoms with Gasteiger partial charge in [-0.1, -0.05) is 12.8 Å². The molecule has 1 saturated carbocycles. The van der Waals surface area contributed by atoms with Gasteiger partial charge < -0.3 is 19.9 Å². The predicted molar refractivity (Wildman–Crippen MR) is 69.4 cm³/mol. The SMILES string of the molecule is COc1nc(NCC2CCCCC2O)nc(OC)n1. The molecule has 0 saturated heterocycles. The van der Waals surface area contributed by atoms with Crippen LogP contribution < -0.4 is 14.8 Å². The molecule has 1 aromatic rings. The maximum atomic E-state index is 9.91. The van der Waals surface area contributed by atoms with E-state index < -0.39 is 0 Å². The van der Waals surface area contributed by atoms with E-state index in [2.05, 4.69) is 20.3 Å².